The molecule has 0 spiro atoms. The first-order valence-electron chi connectivity index (χ1n) is 8.72. The van der Waals surface area contributed by atoms with Gasteiger partial charge in [0.25, 0.3) is 0 Å². The molecule has 134 valence electrons. The van der Waals surface area contributed by atoms with Crippen molar-refractivity contribution >= 4 is 11.8 Å². The number of rotatable bonds is 8. The van der Waals surface area contributed by atoms with Crippen LogP contribution in [0.2, 0.25) is 0 Å². The molecule has 1 atom stereocenters. The molecular weight excluding hydrogens is 306 g/mol. The van der Waals surface area contributed by atoms with Gasteiger partial charge >= 0.3 is 0 Å². The van der Waals surface area contributed by atoms with Crippen LogP contribution in [0.4, 0.5) is 0 Å². The Morgan fingerprint density at radius 1 is 1.38 bits per heavy atom. The summed E-state index contributed by atoms with van der Waals surface area (Å²) in [6.45, 7) is 10.9. The zero-order valence-corrected chi connectivity index (χ0v) is 15.1. The van der Waals surface area contributed by atoms with E-state index in [0.717, 1.165) is 12.3 Å². The summed E-state index contributed by atoms with van der Waals surface area (Å²) >= 11 is 0. The van der Waals surface area contributed by atoms with E-state index >= 15 is 0 Å². The molecular formula is C18H29N3O3. The first-order valence-corrected chi connectivity index (χ1v) is 8.72. The molecule has 24 heavy (non-hydrogen) atoms. The Kier molecular flexibility index (Phi) is 6.43. The van der Waals surface area contributed by atoms with Crippen LogP contribution in [-0.4, -0.2) is 53.3 Å². The minimum atomic E-state index is -0.265. The summed E-state index contributed by atoms with van der Waals surface area (Å²) in [5, 5.41) is 2.98. The predicted octanol–water partition coefficient (Wildman–Crippen LogP) is 1.86. The van der Waals surface area contributed by atoms with Crippen molar-refractivity contribution in [1.29, 1.82) is 0 Å². The quantitative estimate of drug-likeness (QED) is 0.787. The minimum absolute atomic E-state index is 0.0116. The minimum Gasteiger partial charge on any atom is -0.467 e. The molecule has 1 saturated heterocycles. The number of amides is 2. The summed E-state index contributed by atoms with van der Waals surface area (Å²) in [7, 11) is 0. The Morgan fingerprint density at radius 2 is 2.08 bits per heavy atom. The van der Waals surface area contributed by atoms with E-state index in [1.54, 1.807) is 17.2 Å². The van der Waals surface area contributed by atoms with E-state index in [2.05, 4.69) is 37.9 Å². The van der Waals surface area contributed by atoms with Crippen LogP contribution in [0.5, 0.6) is 0 Å². The number of nitrogens with zero attached hydrogens (tertiary/aromatic N) is 2. The van der Waals surface area contributed by atoms with Crippen LogP contribution < -0.4 is 5.32 Å². The number of carbonyl (C=O) groups is 2. The third-order valence-electron chi connectivity index (χ3n) is 4.51. The molecule has 1 aliphatic rings. The zero-order chi connectivity index (χ0) is 17.7. The predicted molar refractivity (Wildman–Crippen MR) is 92.2 cm³/mol. The fourth-order valence-corrected chi connectivity index (χ4v) is 3.26. The summed E-state index contributed by atoms with van der Waals surface area (Å²) < 4.78 is 5.28. The molecule has 1 aromatic heterocycles. The van der Waals surface area contributed by atoms with Crippen LogP contribution in [0.25, 0.3) is 0 Å². The third kappa shape index (κ3) is 4.84. The van der Waals surface area contributed by atoms with Crippen LogP contribution in [0.1, 0.15) is 39.9 Å². The Morgan fingerprint density at radius 3 is 2.67 bits per heavy atom. The zero-order valence-electron chi connectivity index (χ0n) is 15.1. The molecule has 0 aromatic carbocycles. The van der Waals surface area contributed by atoms with E-state index in [1.165, 1.54) is 0 Å². The van der Waals surface area contributed by atoms with Crippen molar-refractivity contribution in [3.63, 3.8) is 0 Å². The Bertz CT molecular complexity index is 532. The molecule has 1 aliphatic heterocycles. The van der Waals surface area contributed by atoms with Crippen molar-refractivity contribution in [2.75, 3.05) is 19.6 Å². The van der Waals surface area contributed by atoms with Crippen LogP contribution in [-0.2, 0) is 16.1 Å². The van der Waals surface area contributed by atoms with Crippen molar-refractivity contribution < 1.29 is 14.0 Å². The molecule has 2 rings (SSSR count). The fraction of sp³-hybridized carbons (Fsp3) is 0.667. The smallest absolute Gasteiger partial charge is 0.225 e. The molecule has 0 radical (unpaired) electrons. The fourth-order valence-electron chi connectivity index (χ4n) is 3.26. The van der Waals surface area contributed by atoms with Crippen molar-refractivity contribution in [1.82, 2.24) is 15.1 Å². The van der Waals surface area contributed by atoms with Crippen LogP contribution in [0, 0.1) is 5.92 Å². The summed E-state index contributed by atoms with van der Waals surface area (Å²) in [5.74, 6) is 0.461. The van der Waals surface area contributed by atoms with Gasteiger partial charge in [0.05, 0.1) is 18.7 Å². The molecule has 0 bridgehead atoms. The average molecular weight is 335 g/mol. The average Bonchev–Trinajstić information content (AvgIpc) is 3.13. The monoisotopic (exact) mass is 335 g/mol. The highest BCUT2D eigenvalue weighted by Gasteiger charge is 2.34. The van der Waals surface area contributed by atoms with E-state index < -0.39 is 0 Å². The lowest BCUT2D eigenvalue weighted by Gasteiger charge is -2.30. The topological polar surface area (TPSA) is 65.8 Å². The van der Waals surface area contributed by atoms with Gasteiger partial charge in [-0.05, 0) is 39.8 Å². The Labute approximate surface area is 144 Å². The molecule has 1 unspecified atom stereocenters. The van der Waals surface area contributed by atoms with Crippen molar-refractivity contribution in [3.05, 3.63) is 24.2 Å². The van der Waals surface area contributed by atoms with E-state index in [4.69, 9.17) is 4.42 Å². The lowest BCUT2D eigenvalue weighted by molar-refractivity contribution is -0.129. The number of nitrogens with one attached hydrogen (secondary N) is 1. The Balaban J connectivity index is 1.78. The second-order valence-corrected chi connectivity index (χ2v) is 6.97. The second kappa shape index (κ2) is 8.33. The number of furan rings is 1. The number of hydrogen-bond donors (Lipinski definition) is 1. The van der Waals surface area contributed by atoms with Gasteiger partial charge in [-0.3, -0.25) is 14.5 Å². The standard InChI is InChI=1S/C18H29N3O3/c1-13(2)21(14(3)4)8-7-19-18(23)15-10-17(22)20(11-15)12-16-6-5-9-24-16/h5-6,9,13-15H,7-8,10-12H2,1-4H3,(H,19,23). The number of hydrogen-bond acceptors (Lipinski definition) is 4. The first-order chi connectivity index (χ1) is 11.4. The van der Waals surface area contributed by atoms with Crippen molar-refractivity contribution in [3.8, 4) is 0 Å². The number of carbonyl (C=O) groups excluding carboxylic acids is 2. The highest BCUT2D eigenvalue weighted by molar-refractivity contribution is 5.89. The molecule has 0 aliphatic carbocycles. The van der Waals surface area contributed by atoms with E-state index in [-0.39, 0.29) is 24.2 Å². The van der Waals surface area contributed by atoms with Crippen LogP contribution in [0.3, 0.4) is 0 Å². The maximum absolute atomic E-state index is 12.3. The van der Waals surface area contributed by atoms with Gasteiger partial charge in [-0.2, -0.15) is 0 Å². The van der Waals surface area contributed by atoms with Gasteiger partial charge in [-0.15, -0.1) is 0 Å². The molecule has 6 nitrogen and oxygen atoms in total. The summed E-state index contributed by atoms with van der Waals surface area (Å²) in [5.41, 5.74) is 0. The van der Waals surface area contributed by atoms with Crippen molar-refractivity contribution in [2.45, 2.75) is 52.7 Å². The molecule has 6 heteroatoms. The molecule has 1 N–H and O–H groups in total. The van der Waals surface area contributed by atoms with Gasteiger partial charge in [0.15, 0.2) is 0 Å². The summed E-state index contributed by atoms with van der Waals surface area (Å²) in [6.07, 6.45) is 1.87. The normalized spacial score (nSPS) is 18.2. The van der Waals surface area contributed by atoms with Crippen LogP contribution in [0.15, 0.2) is 22.8 Å². The van der Waals surface area contributed by atoms with Gasteiger partial charge in [-0.25, -0.2) is 0 Å². The second-order valence-electron chi connectivity index (χ2n) is 6.97. The molecule has 2 amide bonds. The third-order valence-corrected chi connectivity index (χ3v) is 4.51. The van der Waals surface area contributed by atoms with E-state index in [9.17, 15) is 9.59 Å². The molecule has 1 aromatic rings. The van der Waals surface area contributed by atoms with E-state index in [0.29, 0.717) is 31.7 Å². The molecule has 0 saturated carbocycles. The van der Waals surface area contributed by atoms with Gasteiger partial charge in [0.1, 0.15) is 5.76 Å². The summed E-state index contributed by atoms with van der Waals surface area (Å²) in [4.78, 5) is 28.4. The summed E-state index contributed by atoms with van der Waals surface area (Å²) in [6, 6.07) is 4.53. The van der Waals surface area contributed by atoms with E-state index in [1.807, 2.05) is 6.07 Å². The van der Waals surface area contributed by atoms with Gasteiger partial charge in [0.2, 0.25) is 11.8 Å². The highest BCUT2D eigenvalue weighted by Crippen LogP contribution is 2.20. The van der Waals surface area contributed by atoms with Gasteiger partial charge in [-0.1, -0.05) is 0 Å². The molecule has 1 fully saturated rings. The molecule has 2 heterocycles. The lowest BCUT2D eigenvalue weighted by atomic mass is 10.1. The first kappa shape index (κ1) is 18.5. The van der Waals surface area contributed by atoms with Gasteiger partial charge in [0, 0.05) is 38.1 Å². The lowest BCUT2D eigenvalue weighted by Crippen LogP contribution is -2.43. The van der Waals surface area contributed by atoms with Crippen molar-refractivity contribution in [2.24, 2.45) is 5.92 Å². The SMILES string of the molecule is CC(C)N(CCNC(=O)C1CC(=O)N(Cc2ccco2)C1)C(C)C. The maximum Gasteiger partial charge on any atom is 0.225 e. The highest BCUT2D eigenvalue weighted by atomic mass is 16.3. The van der Waals surface area contributed by atoms with Gasteiger partial charge < -0.3 is 14.6 Å². The number of likely N-dealkylation sites (tertiary alicyclic amines) is 1. The maximum atomic E-state index is 12.3. The van der Waals surface area contributed by atoms with Crippen LogP contribution >= 0.6 is 0 Å². The Hall–Kier alpha value is -1.82. The largest absolute Gasteiger partial charge is 0.467 e.